The SMILES string of the molecule is CCNc1ccc2c(-c3ccccc3C(=O)O)c3ccc(=N)cc-3oc2c1. The van der Waals surface area contributed by atoms with Gasteiger partial charge in [-0.15, -0.1) is 0 Å². The molecule has 5 nitrogen and oxygen atoms in total. The molecular formula is C22H18N2O3. The molecule has 0 aromatic heterocycles. The fourth-order valence-corrected chi connectivity index (χ4v) is 3.38. The molecule has 0 bridgehead atoms. The van der Waals surface area contributed by atoms with Crippen molar-refractivity contribution in [3.8, 4) is 22.5 Å². The Morgan fingerprint density at radius 2 is 1.89 bits per heavy atom. The number of nitrogens with one attached hydrogen (secondary N) is 2. The first-order valence-electron chi connectivity index (χ1n) is 8.70. The van der Waals surface area contributed by atoms with Gasteiger partial charge in [0.05, 0.1) is 10.9 Å². The lowest BCUT2D eigenvalue weighted by Crippen LogP contribution is -2.03. The van der Waals surface area contributed by atoms with Crippen LogP contribution < -0.4 is 10.7 Å². The van der Waals surface area contributed by atoms with Crippen LogP contribution in [0.2, 0.25) is 0 Å². The second-order valence-corrected chi connectivity index (χ2v) is 6.28. The summed E-state index contributed by atoms with van der Waals surface area (Å²) in [6, 6.07) is 17.9. The fraction of sp³-hybridized carbons (Fsp3) is 0.0909. The van der Waals surface area contributed by atoms with E-state index in [0.29, 0.717) is 22.3 Å². The van der Waals surface area contributed by atoms with Gasteiger partial charge in [0.25, 0.3) is 0 Å². The van der Waals surface area contributed by atoms with Crippen molar-refractivity contribution in [2.45, 2.75) is 6.92 Å². The smallest absolute Gasteiger partial charge is 0.336 e. The maximum absolute atomic E-state index is 11.8. The summed E-state index contributed by atoms with van der Waals surface area (Å²) < 4.78 is 6.07. The zero-order valence-corrected chi connectivity index (χ0v) is 14.7. The highest BCUT2D eigenvalue weighted by Gasteiger charge is 2.21. The largest absolute Gasteiger partial charge is 0.478 e. The van der Waals surface area contributed by atoms with Crippen molar-refractivity contribution >= 4 is 22.6 Å². The molecule has 2 aromatic rings. The summed E-state index contributed by atoms with van der Waals surface area (Å²) in [7, 11) is 0. The fourth-order valence-electron chi connectivity index (χ4n) is 3.38. The van der Waals surface area contributed by atoms with Crippen molar-refractivity contribution < 1.29 is 14.3 Å². The summed E-state index contributed by atoms with van der Waals surface area (Å²) >= 11 is 0. The molecule has 0 atom stereocenters. The van der Waals surface area contributed by atoms with E-state index in [1.54, 1.807) is 24.3 Å². The van der Waals surface area contributed by atoms with Crippen LogP contribution in [0.1, 0.15) is 17.3 Å². The van der Waals surface area contributed by atoms with Gasteiger partial charge in [-0.3, -0.25) is 0 Å². The van der Waals surface area contributed by atoms with Gasteiger partial charge in [-0.1, -0.05) is 18.2 Å². The number of carboxylic acid groups (broad SMARTS) is 1. The Labute approximate surface area is 155 Å². The van der Waals surface area contributed by atoms with E-state index < -0.39 is 5.97 Å². The first kappa shape index (κ1) is 16.8. The molecule has 1 aliphatic carbocycles. The average molecular weight is 358 g/mol. The van der Waals surface area contributed by atoms with Crippen molar-refractivity contribution in [3.63, 3.8) is 0 Å². The Balaban J connectivity index is 2.14. The van der Waals surface area contributed by atoms with E-state index in [0.717, 1.165) is 28.7 Å². The van der Waals surface area contributed by atoms with Crippen LogP contribution in [-0.2, 0) is 0 Å². The highest BCUT2D eigenvalue weighted by atomic mass is 16.4. The second kappa shape index (κ2) is 6.61. The molecule has 27 heavy (non-hydrogen) atoms. The lowest BCUT2D eigenvalue weighted by Gasteiger charge is -2.17. The number of hydrogen-bond donors (Lipinski definition) is 3. The van der Waals surface area contributed by atoms with Crippen LogP contribution >= 0.6 is 0 Å². The maximum atomic E-state index is 11.8. The van der Waals surface area contributed by atoms with E-state index in [-0.39, 0.29) is 5.56 Å². The minimum atomic E-state index is -0.978. The molecule has 0 unspecified atom stereocenters. The number of benzene rings is 3. The molecule has 134 valence electrons. The molecule has 0 saturated carbocycles. The summed E-state index contributed by atoms with van der Waals surface area (Å²) in [5, 5.41) is 22.0. The zero-order valence-electron chi connectivity index (χ0n) is 14.7. The Bertz CT molecular complexity index is 1190. The quantitative estimate of drug-likeness (QED) is 0.457. The van der Waals surface area contributed by atoms with Crippen molar-refractivity contribution in [3.05, 3.63) is 71.6 Å². The van der Waals surface area contributed by atoms with E-state index in [9.17, 15) is 9.90 Å². The Morgan fingerprint density at radius 1 is 1.07 bits per heavy atom. The molecule has 2 aromatic carbocycles. The Morgan fingerprint density at radius 3 is 2.67 bits per heavy atom. The van der Waals surface area contributed by atoms with Gasteiger partial charge in [0.15, 0.2) is 0 Å². The number of carboxylic acids is 1. The molecule has 3 N–H and O–H groups in total. The third-order valence-electron chi connectivity index (χ3n) is 4.53. The summed E-state index contributed by atoms with van der Waals surface area (Å²) in [5.74, 6) is -0.423. The van der Waals surface area contributed by atoms with Gasteiger partial charge in [-0.05, 0) is 42.8 Å². The van der Waals surface area contributed by atoms with Crippen molar-refractivity contribution in [2.24, 2.45) is 0 Å². The van der Waals surface area contributed by atoms with Crippen LogP contribution in [0.4, 0.5) is 5.69 Å². The number of anilines is 1. The van der Waals surface area contributed by atoms with Crippen LogP contribution in [-0.4, -0.2) is 17.6 Å². The summed E-state index contributed by atoms with van der Waals surface area (Å²) in [6.07, 6.45) is 0. The molecule has 2 aliphatic rings. The molecule has 0 amide bonds. The monoisotopic (exact) mass is 358 g/mol. The second-order valence-electron chi connectivity index (χ2n) is 6.28. The highest BCUT2D eigenvalue weighted by Crippen LogP contribution is 2.41. The Hall–Kier alpha value is -3.60. The summed E-state index contributed by atoms with van der Waals surface area (Å²) in [6.45, 7) is 2.80. The molecule has 0 spiro atoms. The van der Waals surface area contributed by atoms with E-state index in [1.807, 2.05) is 43.3 Å². The number of rotatable bonds is 4. The molecule has 0 radical (unpaired) electrons. The van der Waals surface area contributed by atoms with E-state index in [1.165, 1.54) is 0 Å². The summed E-state index contributed by atoms with van der Waals surface area (Å²) in [4.78, 5) is 11.8. The minimum Gasteiger partial charge on any atom is -0.478 e. The van der Waals surface area contributed by atoms with Crippen LogP contribution in [0.25, 0.3) is 33.4 Å². The van der Waals surface area contributed by atoms with Gasteiger partial charge in [0.1, 0.15) is 11.3 Å². The predicted octanol–water partition coefficient (Wildman–Crippen LogP) is 4.81. The van der Waals surface area contributed by atoms with Crippen LogP contribution in [0.3, 0.4) is 0 Å². The molecule has 5 heteroatoms. The van der Waals surface area contributed by atoms with Crippen molar-refractivity contribution in [2.75, 3.05) is 11.9 Å². The van der Waals surface area contributed by atoms with Gasteiger partial charge in [0.2, 0.25) is 0 Å². The van der Waals surface area contributed by atoms with Gasteiger partial charge >= 0.3 is 5.97 Å². The molecular weight excluding hydrogens is 340 g/mol. The first-order valence-corrected chi connectivity index (χ1v) is 8.70. The van der Waals surface area contributed by atoms with Crippen LogP contribution in [0.5, 0.6) is 0 Å². The molecule has 0 fully saturated rings. The minimum absolute atomic E-state index is 0.233. The van der Waals surface area contributed by atoms with Crippen molar-refractivity contribution in [1.29, 1.82) is 5.41 Å². The number of carbonyl (C=O) groups is 1. The zero-order chi connectivity index (χ0) is 19.0. The predicted molar refractivity (Wildman–Crippen MR) is 105 cm³/mol. The number of fused-ring (bicyclic) bond motifs is 2. The highest BCUT2D eigenvalue weighted by molar-refractivity contribution is 6.07. The maximum Gasteiger partial charge on any atom is 0.336 e. The lowest BCUT2D eigenvalue weighted by molar-refractivity contribution is 0.0697. The Kier molecular flexibility index (Phi) is 4.12. The van der Waals surface area contributed by atoms with Gasteiger partial charge < -0.3 is 20.2 Å². The third-order valence-corrected chi connectivity index (χ3v) is 4.53. The van der Waals surface area contributed by atoms with E-state index >= 15 is 0 Å². The molecule has 0 saturated heterocycles. The standard InChI is InChI=1S/C22H18N2O3/c1-2-24-14-8-10-18-20(12-14)27-19-11-13(23)7-9-17(19)21(18)15-5-3-4-6-16(15)22(25)26/h3-12,23-24H,2H2,1H3,(H,25,26). The third kappa shape index (κ3) is 2.93. The first-order chi connectivity index (χ1) is 13.1. The van der Waals surface area contributed by atoms with Gasteiger partial charge in [-0.2, -0.15) is 0 Å². The molecule has 1 heterocycles. The molecule has 4 rings (SSSR count). The molecule has 1 aliphatic heterocycles. The lowest BCUT2D eigenvalue weighted by atomic mass is 9.91. The number of hydrogen-bond acceptors (Lipinski definition) is 4. The normalized spacial score (nSPS) is 11.0. The van der Waals surface area contributed by atoms with E-state index in [4.69, 9.17) is 9.83 Å². The van der Waals surface area contributed by atoms with Gasteiger partial charge in [0, 0.05) is 40.9 Å². The summed E-state index contributed by atoms with van der Waals surface area (Å²) in [5.41, 5.74) is 4.01. The average Bonchev–Trinajstić information content (AvgIpc) is 2.66. The van der Waals surface area contributed by atoms with Gasteiger partial charge in [-0.25, -0.2) is 4.79 Å². The van der Waals surface area contributed by atoms with Crippen molar-refractivity contribution in [1.82, 2.24) is 0 Å². The van der Waals surface area contributed by atoms with E-state index in [2.05, 4.69) is 5.32 Å². The van der Waals surface area contributed by atoms with Crippen LogP contribution in [0.15, 0.2) is 65.1 Å². The van der Waals surface area contributed by atoms with Crippen LogP contribution in [0, 0.1) is 5.41 Å². The number of aromatic carboxylic acids is 1. The topological polar surface area (TPSA) is 86.3 Å².